The first kappa shape index (κ1) is 12.7. The predicted octanol–water partition coefficient (Wildman–Crippen LogP) is 0.339. The number of tetrazole rings is 1. The Kier molecular flexibility index (Phi) is 3.81. The van der Waals surface area contributed by atoms with Gasteiger partial charge in [-0.25, -0.2) is 0 Å². The molecule has 98 valence electrons. The van der Waals surface area contributed by atoms with Crippen LogP contribution in [0.15, 0.2) is 24.3 Å². The van der Waals surface area contributed by atoms with Gasteiger partial charge in [0.25, 0.3) is 0 Å². The summed E-state index contributed by atoms with van der Waals surface area (Å²) in [5.41, 5.74) is 1.20. The van der Waals surface area contributed by atoms with Crippen LogP contribution in [0.1, 0.15) is 12.7 Å². The molecular weight excluding hydrogens is 248 g/mol. The second-order valence-electron chi connectivity index (χ2n) is 3.81. The topological polar surface area (TPSA) is 113 Å². The number of hydrogen-bond donors (Lipinski definition) is 3. The molecule has 1 aromatic heterocycles. The highest BCUT2D eigenvalue weighted by atomic mass is 16.2. The van der Waals surface area contributed by atoms with E-state index in [1.807, 2.05) is 0 Å². The van der Waals surface area contributed by atoms with Crippen molar-refractivity contribution in [3.05, 3.63) is 30.1 Å². The lowest BCUT2D eigenvalue weighted by Crippen LogP contribution is -2.15. The van der Waals surface area contributed by atoms with Gasteiger partial charge in [0.2, 0.25) is 11.8 Å². The van der Waals surface area contributed by atoms with Gasteiger partial charge >= 0.3 is 0 Å². The number of hydrogen-bond acceptors (Lipinski definition) is 5. The summed E-state index contributed by atoms with van der Waals surface area (Å²) in [6.45, 7) is 1.42. The maximum absolute atomic E-state index is 11.7. The van der Waals surface area contributed by atoms with Crippen molar-refractivity contribution in [2.45, 2.75) is 13.3 Å². The Bertz CT molecular complexity index is 581. The molecule has 2 aromatic rings. The van der Waals surface area contributed by atoms with Gasteiger partial charge in [0.15, 0.2) is 5.82 Å². The molecule has 8 nitrogen and oxygen atoms in total. The SMILES string of the molecule is CC(=O)Nc1cccc(NC(=O)Cc2nn[nH]n2)c1. The number of aromatic nitrogens is 4. The minimum atomic E-state index is -0.263. The minimum Gasteiger partial charge on any atom is -0.326 e. The molecule has 0 aliphatic carbocycles. The highest BCUT2D eigenvalue weighted by Crippen LogP contribution is 2.15. The Labute approximate surface area is 108 Å². The van der Waals surface area contributed by atoms with Crippen LogP contribution in [0.2, 0.25) is 0 Å². The van der Waals surface area contributed by atoms with Gasteiger partial charge in [0, 0.05) is 18.3 Å². The van der Waals surface area contributed by atoms with Crippen molar-refractivity contribution in [2.75, 3.05) is 10.6 Å². The van der Waals surface area contributed by atoms with E-state index in [4.69, 9.17) is 0 Å². The molecule has 0 aliphatic heterocycles. The first-order valence-electron chi connectivity index (χ1n) is 5.53. The van der Waals surface area contributed by atoms with Gasteiger partial charge in [0.1, 0.15) is 0 Å². The highest BCUT2D eigenvalue weighted by Gasteiger charge is 2.08. The molecule has 0 bridgehead atoms. The fourth-order valence-electron chi connectivity index (χ4n) is 1.48. The van der Waals surface area contributed by atoms with Gasteiger partial charge in [-0.05, 0) is 18.2 Å². The third-order valence-corrected chi connectivity index (χ3v) is 2.17. The molecule has 0 saturated carbocycles. The molecule has 2 rings (SSSR count). The molecule has 0 atom stereocenters. The van der Waals surface area contributed by atoms with Crippen LogP contribution in [-0.2, 0) is 16.0 Å². The molecule has 0 saturated heterocycles. The predicted molar refractivity (Wildman–Crippen MR) is 67.3 cm³/mol. The van der Waals surface area contributed by atoms with E-state index >= 15 is 0 Å². The largest absolute Gasteiger partial charge is 0.326 e. The Hall–Kier alpha value is -2.77. The smallest absolute Gasteiger partial charge is 0.232 e. The Morgan fingerprint density at radius 1 is 1.26 bits per heavy atom. The quantitative estimate of drug-likeness (QED) is 0.733. The fourth-order valence-corrected chi connectivity index (χ4v) is 1.48. The maximum Gasteiger partial charge on any atom is 0.232 e. The third-order valence-electron chi connectivity index (χ3n) is 2.17. The first-order chi connectivity index (χ1) is 9.13. The Balaban J connectivity index is 1.98. The van der Waals surface area contributed by atoms with Gasteiger partial charge in [-0.2, -0.15) is 5.21 Å². The number of H-pyrrole nitrogens is 1. The van der Waals surface area contributed by atoms with Crippen molar-refractivity contribution >= 4 is 23.2 Å². The van der Waals surface area contributed by atoms with Crippen molar-refractivity contribution in [3.8, 4) is 0 Å². The number of benzene rings is 1. The molecule has 1 heterocycles. The van der Waals surface area contributed by atoms with E-state index < -0.39 is 0 Å². The van der Waals surface area contributed by atoms with Crippen LogP contribution in [0.5, 0.6) is 0 Å². The minimum absolute atomic E-state index is 0.0286. The van der Waals surface area contributed by atoms with E-state index in [9.17, 15) is 9.59 Å². The third kappa shape index (κ3) is 3.87. The van der Waals surface area contributed by atoms with Crippen molar-refractivity contribution in [2.24, 2.45) is 0 Å². The fraction of sp³-hybridized carbons (Fsp3) is 0.182. The molecule has 1 aromatic carbocycles. The number of nitrogens with zero attached hydrogens (tertiary/aromatic N) is 3. The van der Waals surface area contributed by atoms with E-state index in [0.29, 0.717) is 17.2 Å². The van der Waals surface area contributed by atoms with E-state index in [0.717, 1.165) is 0 Å². The summed E-state index contributed by atoms with van der Waals surface area (Å²) < 4.78 is 0. The molecule has 0 aliphatic rings. The Morgan fingerprint density at radius 2 is 2.00 bits per heavy atom. The van der Waals surface area contributed by atoms with Gasteiger partial charge < -0.3 is 10.6 Å². The average Bonchev–Trinajstić information content (AvgIpc) is 2.81. The summed E-state index contributed by atoms with van der Waals surface area (Å²) in [7, 11) is 0. The van der Waals surface area contributed by atoms with Crippen LogP contribution in [0.3, 0.4) is 0 Å². The van der Waals surface area contributed by atoms with Crippen molar-refractivity contribution < 1.29 is 9.59 Å². The van der Waals surface area contributed by atoms with Crippen LogP contribution in [0.4, 0.5) is 11.4 Å². The van der Waals surface area contributed by atoms with E-state index in [1.54, 1.807) is 24.3 Å². The normalized spacial score (nSPS) is 9.95. The monoisotopic (exact) mass is 260 g/mol. The van der Waals surface area contributed by atoms with Crippen molar-refractivity contribution in [1.29, 1.82) is 0 Å². The summed E-state index contributed by atoms with van der Waals surface area (Å²) in [6, 6.07) is 6.85. The number of aromatic amines is 1. The number of rotatable bonds is 4. The standard InChI is InChI=1S/C11H12N6O2/c1-7(18)12-8-3-2-4-9(5-8)13-11(19)6-10-14-16-17-15-10/h2-5H,6H2,1H3,(H,12,18)(H,13,19)(H,14,15,16,17). The van der Waals surface area contributed by atoms with Crippen LogP contribution in [-0.4, -0.2) is 32.4 Å². The molecule has 8 heteroatoms. The average molecular weight is 260 g/mol. The molecule has 0 unspecified atom stereocenters. The van der Waals surface area contributed by atoms with E-state index in [2.05, 4.69) is 31.3 Å². The molecule has 0 fully saturated rings. The summed E-state index contributed by atoms with van der Waals surface area (Å²) in [6.07, 6.45) is 0.0286. The zero-order chi connectivity index (χ0) is 13.7. The molecule has 0 spiro atoms. The lowest BCUT2D eigenvalue weighted by molar-refractivity contribution is -0.116. The lowest BCUT2D eigenvalue weighted by atomic mass is 10.2. The Morgan fingerprint density at radius 3 is 2.63 bits per heavy atom. The number of anilines is 2. The van der Waals surface area contributed by atoms with E-state index in [-0.39, 0.29) is 18.2 Å². The van der Waals surface area contributed by atoms with Gasteiger partial charge in [-0.15, -0.1) is 10.2 Å². The van der Waals surface area contributed by atoms with Crippen LogP contribution >= 0.6 is 0 Å². The summed E-state index contributed by atoms with van der Waals surface area (Å²) in [5, 5.41) is 18.3. The molecule has 3 N–H and O–H groups in total. The zero-order valence-electron chi connectivity index (χ0n) is 10.2. The van der Waals surface area contributed by atoms with E-state index in [1.165, 1.54) is 6.92 Å². The van der Waals surface area contributed by atoms with Crippen LogP contribution in [0, 0.1) is 0 Å². The number of nitrogens with one attached hydrogen (secondary N) is 3. The van der Waals surface area contributed by atoms with Crippen LogP contribution in [0.25, 0.3) is 0 Å². The molecule has 19 heavy (non-hydrogen) atoms. The second-order valence-corrected chi connectivity index (χ2v) is 3.81. The summed E-state index contributed by atoms with van der Waals surface area (Å²) >= 11 is 0. The first-order valence-corrected chi connectivity index (χ1v) is 5.53. The summed E-state index contributed by atoms with van der Waals surface area (Å²) in [4.78, 5) is 22.6. The number of carbonyl (C=O) groups excluding carboxylic acids is 2. The second kappa shape index (κ2) is 5.71. The van der Waals surface area contributed by atoms with Crippen LogP contribution < -0.4 is 10.6 Å². The zero-order valence-corrected chi connectivity index (χ0v) is 10.2. The van der Waals surface area contributed by atoms with Crippen molar-refractivity contribution in [1.82, 2.24) is 20.6 Å². The van der Waals surface area contributed by atoms with Crippen molar-refractivity contribution in [3.63, 3.8) is 0 Å². The van der Waals surface area contributed by atoms with Gasteiger partial charge in [-0.3, -0.25) is 9.59 Å². The van der Waals surface area contributed by atoms with Gasteiger partial charge in [-0.1, -0.05) is 11.3 Å². The maximum atomic E-state index is 11.7. The number of carbonyl (C=O) groups is 2. The van der Waals surface area contributed by atoms with Gasteiger partial charge in [0.05, 0.1) is 6.42 Å². The molecule has 2 amide bonds. The highest BCUT2D eigenvalue weighted by molar-refractivity contribution is 5.93. The molecule has 0 radical (unpaired) electrons. The number of amides is 2. The molecular formula is C11H12N6O2. The lowest BCUT2D eigenvalue weighted by Gasteiger charge is -2.06. The summed E-state index contributed by atoms with van der Waals surface area (Å²) in [5.74, 6) is -0.118.